The number of rotatable bonds is 4. The first-order chi connectivity index (χ1) is 18.8. The number of piperazine rings is 1. The Morgan fingerprint density at radius 2 is 1.52 bits per heavy atom. The predicted octanol–water partition coefficient (Wildman–Crippen LogP) is 2.88. The van der Waals surface area contributed by atoms with E-state index in [1.807, 2.05) is 30.0 Å². The van der Waals surface area contributed by atoms with Crippen LogP contribution in [0.5, 0.6) is 0 Å². The Morgan fingerprint density at radius 3 is 2.05 bits per heavy atom. The van der Waals surface area contributed by atoms with Gasteiger partial charge in [-0.2, -0.15) is 13.2 Å². The van der Waals surface area contributed by atoms with Gasteiger partial charge in [-0.3, -0.25) is 14.8 Å². The fourth-order valence-corrected chi connectivity index (χ4v) is 5.35. The number of anilines is 1. The van der Waals surface area contributed by atoms with Crippen LogP contribution in [0.4, 0.5) is 23.7 Å². The molecule has 1 aromatic rings. The highest BCUT2D eigenvalue weighted by atomic mass is 19.4. The van der Waals surface area contributed by atoms with Gasteiger partial charge in [0, 0.05) is 45.0 Å². The summed E-state index contributed by atoms with van der Waals surface area (Å²) in [4.78, 5) is 53.1. The third-order valence-corrected chi connectivity index (χ3v) is 7.54. The minimum Gasteiger partial charge on any atom is -0.475 e. The van der Waals surface area contributed by atoms with Crippen molar-refractivity contribution in [2.45, 2.75) is 50.8 Å². The number of ether oxygens (including phenoxy) is 1. The summed E-state index contributed by atoms with van der Waals surface area (Å²) in [7, 11) is 0. The lowest BCUT2D eigenvalue weighted by Gasteiger charge is -2.43. The van der Waals surface area contributed by atoms with Crippen molar-refractivity contribution in [1.29, 1.82) is 0 Å². The smallest absolute Gasteiger partial charge is 0.475 e. The average molecular weight is 573 g/mol. The van der Waals surface area contributed by atoms with E-state index in [1.54, 1.807) is 10.4 Å². The van der Waals surface area contributed by atoms with Crippen LogP contribution in [0, 0.1) is 11.8 Å². The van der Waals surface area contributed by atoms with Crippen LogP contribution in [0.2, 0.25) is 0 Å². The van der Waals surface area contributed by atoms with Gasteiger partial charge in [-0.15, -0.1) is 0 Å². The number of nitrogens with zero attached hydrogens (tertiary/aromatic N) is 3. The average Bonchev–Trinajstić information content (AvgIpc) is 3.48. The van der Waals surface area contributed by atoms with E-state index in [4.69, 9.17) is 14.6 Å². The van der Waals surface area contributed by atoms with E-state index in [9.17, 15) is 32.8 Å². The van der Waals surface area contributed by atoms with Crippen molar-refractivity contribution >= 4 is 29.6 Å². The molecule has 1 aromatic carbocycles. The molecule has 3 aliphatic rings. The highest BCUT2D eigenvalue weighted by Crippen LogP contribution is 2.40. The lowest BCUT2D eigenvalue weighted by Crippen LogP contribution is -2.55. The maximum absolute atomic E-state index is 13.4. The zero-order valence-electron chi connectivity index (χ0n) is 22.2. The van der Waals surface area contributed by atoms with Crippen molar-refractivity contribution in [3.8, 4) is 0 Å². The second kappa shape index (κ2) is 13.2. The summed E-state index contributed by atoms with van der Waals surface area (Å²) in [5.41, 5.74) is 2.02. The predicted molar refractivity (Wildman–Crippen MR) is 135 cm³/mol. The van der Waals surface area contributed by atoms with Gasteiger partial charge in [0.2, 0.25) is 11.8 Å². The van der Waals surface area contributed by atoms with Gasteiger partial charge in [0.15, 0.2) is 0 Å². The van der Waals surface area contributed by atoms with Crippen LogP contribution >= 0.6 is 0 Å². The Labute approximate surface area is 229 Å². The van der Waals surface area contributed by atoms with Gasteiger partial charge in [0.1, 0.15) is 5.60 Å². The molecular formula is C26H35F3N4O7. The zero-order chi connectivity index (χ0) is 29.5. The highest BCUT2D eigenvalue weighted by molar-refractivity contribution is 5.88. The summed E-state index contributed by atoms with van der Waals surface area (Å²) in [5.74, 6) is -4.71. The summed E-state index contributed by atoms with van der Waals surface area (Å²) in [6, 6.07) is 10.1. The molecule has 3 fully saturated rings. The van der Waals surface area contributed by atoms with Crippen molar-refractivity contribution in [2.24, 2.45) is 11.8 Å². The summed E-state index contributed by atoms with van der Waals surface area (Å²) in [6.07, 6.45) is -2.37. The maximum atomic E-state index is 13.4. The molecule has 11 nitrogen and oxygen atoms in total. The first-order valence-electron chi connectivity index (χ1n) is 13.2. The second-order valence-corrected chi connectivity index (χ2v) is 10.4. The van der Waals surface area contributed by atoms with Crippen LogP contribution in [-0.2, 0) is 19.1 Å². The number of hydrogen-bond acceptors (Lipinski definition) is 7. The van der Waals surface area contributed by atoms with Gasteiger partial charge in [0.05, 0.1) is 11.8 Å². The number of halogens is 3. The number of aliphatic carboxylic acids is 1. The quantitative estimate of drug-likeness (QED) is 0.370. The Balaban J connectivity index is 0.000000559. The van der Waals surface area contributed by atoms with Gasteiger partial charge < -0.3 is 24.5 Å². The number of carboxylic acids is 1. The molecule has 3 N–H and O–H groups in total. The molecule has 0 aromatic heterocycles. The van der Waals surface area contributed by atoms with E-state index in [1.165, 1.54) is 0 Å². The molecule has 3 amide bonds. The van der Waals surface area contributed by atoms with E-state index in [0.717, 1.165) is 31.6 Å². The molecule has 0 spiro atoms. The summed E-state index contributed by atoms with van der Waals surface area (Å²) in [6.45, 7) is 5.81. The van der Waals surface area contributed by atoms with Crippen LogP contribution in [0.3, 0.4) is 0 Å². The lowest BCUT2D eigenvalue weighted by atomic mass is 9.71. The van der Waals surface area contributed by atoms with Crippen molar-refractivity contribution in [1.82, 2.24) is 15.3 Å². The number of para-hydroxylation sites is 1. The number of carboxylic acid groups (broad SMARTS) is 1. The van der Waals surface area contributed by atoms with Gasteiger partial charge in [0.25, 0.3) is 0 Å². The van der Waals surface area contributed by atoms with Crippen molar-refractivity contribution in [3.05, 3.63) is 30.3 Å². The number of amides is 3. The Hall–Kier alpha value is -3.55. The third kappa shape index (κ3) is 7.99. The van der Waals surface area contributed by atoms with Gasteiger partial charge in [-0.1, -0.05) is 18.2 Å². The molecular weight excluding hydrogens is 537 g/mol. The minimum atomic E-state index is -5.08. The minimum absolute atomic E-state index is 0.0655. The Kier molecular flexibility index (Phi) is 10.2. The third-order valence-electron chi connectivity index (χ3n) is 7.54. The number of likely N-dealkylation sites (tertiary alicyclic amines) is 1. The number of hydrogen-bond donors (Lipinski definition) is 3. The molecule has 2 heterocycles. The van der Waals surface area contributed by atoms with Crippen LogP contribution in [0.1, 0.15) is 39.0 Å². The lowest BCUT2D eigenvalue weighted by molar-refractivity contribution is -0.192. The number of carbonyl (C=O) groups excluding carboxylic acids is 3. The van der Waals surface area contributed by atoms with E-state index in [2.05, 4.69) is 17.0 Å². The van der Waals surface area contributed by atoms with Gasteiger partial charge >= 0.3 is 18.2 Å². The van der Waals surface area contributed by atoms with Crippen molar-refractivity contribution in [3.63, 3.8) is 0 Å². The van der Waals surface area contributed by atoms with E-state index < -0.39 is 35.5 Å². The first kappa shape index (κ1) is 31.0. The van der Waals surface area contributed by atoms with E-state index in [0.29, 0.717) is 39.0 Å². The molecule has 2 saturated heterocycles. The van der Waals surface area contributed by atoms with Crippen LogP contribution in [0.15, 0.2) is 30.3 Å². The molecule has 1 aliphatic carbocycles. The number of benzene rings is 1. The zero-order valence-corrected chi connectivity index (χ0v) is 22.2. The molecule has 0 radical (unpaired) electrons. The van der Waals surface area contributed by atoms with Crippen LogP contribution in [0.25, 0.3) is 0 Å². The normalized spacial score (nSPS) is 25.0. The monoisotopic (exact) mass is 572 g/mol. The standard InChI is InChI=1S/C24H34N4O5.C2HF3O2/c1-24(33-23(31)28-11-5-6-12-28)10-9-19(20(17-24)21(29)25-32)22(30)27-15-13-26(14-16-27)18-7-3-2-4-8-18;3-2(4,5)1(6)7/h2-4,7-8,19-20,32H,5-6,9-17H2,1H3,(H,25,29);(H,6,7)/t19-,20-,24-;/m0./s1. The molecule has 3 atom stereocenters. The van der Waals surface area contributed by atoms with Crippen molar-refractivity contribution in [2.75, 3.05) is 44.2 Å². The molecule has 0 unspecified atom stereocenters. The number of hydroxylamine groups is 1. The Bertz CT molecular complexity index is 1040. The van der Waals surface area contributed by atoms with Gasteiger partial charge in [-0.05, 0) is 51.2 Å². The highest BCUT2D eigenvalue weighted by Gasteiger charge is 2.48. The molecule has 40 heavy (non-hydrogen) atoms. The van der Waals surface area contributed by atoms with Crippen molar-refractivity contribution < 1.29 is 47.4 Å². The molecule has 14 heteroatoms. The largest absolute Gasteiger partial charge is 0.490 e. The number of carbonyl (C=O) groups is 4. The van der Waals surface area contributed by atoms with E-state index in [-0.39, 0.29) is 18.4 Å². The molecule has 0 bridgehead atoms. The SMILES string of the molecule is C[C@]1(OC(=O)N2CCCC2)CC[C@H](C(=O)N2CCN(c3ccccc3)CC2)[C@@H](C(=O)NO)C1.O=C(O)C(F)(F)F. The first-order valence-corrected chi connectivity index (χ1v) is 13.2. The molecule has 222 valence electrons. The van der Waals surface area contributed by atoms with Crippen LogP contribution < -0.4 is 10.4 Å². The number of nitrogens with one attached hydrogen (secondary N) is 1. The summed E-state index contributed by atoms with van der Waals surface area (Å²) >= 11 is 0. The summed E-state index contributed by atoms with van der Waals surface area (Å²) < 4.78 is 37.6. The topological polar surface area (TPSA) is 140 Å². The van der Waals surface area contributed by atoms with Crippen LogP contribution in [-0.4, -0.2) is 95.0 Å². The van der Waals surface area contributed by atoms with E-state index >= 15 is 0 Å². The maximum Gasteiger partial charge on any atom is 0.490 e. The fraction of sp³-hybridized carbons (Fsp3) is 0.615. The second-order valence-electron chi connectivity index (χ2n) is 10.4. The molecule has 1 saturated carbocycles. The fourth-order valence-electron chi connectivity index (χ4n) is 5.35. The summed E-state index contributed by atoms with van der Waals surface area (Å²) in [5, 5.41) is 16.5. The Morgan fingerprint density at radius 1 is 0.950 bits per heavy atom. The molecule has 4 rings (SSSR count). The number of alkyl halides is 3. The molecule has 2 aliphatic heterocycles. The van der Waals surface area contributed by atoms with Gasteiger partial charge in [-0.25, -0.2) is 15.1 Å².